The zero-order chi connectivity index (χ0) is 12.0. The first-order valence-electron chi connectivity index (χ1n) is 5.58. The van der Waals surface area contributed by atoms with Crippen molar-refractivity contribution in [3.05, 3.63) is 35.9 Å². The Kier molecular flexibility index (Phi) is 5.50. The fourth-order valence-electron chi connectivity index (χ4n) is 1.50. The van der Waals surface area contributed by atoms with E-state index in [0.29, 0.717) is 12.0 Å². The van der Waals surface area contributed by atoms with Crippen LogP contribution >= 0.6 is 11.6 Å². The van der Waals surface area contributed by atoms with Gasteiger partial charge in [0.15, 0.2) is 5.78 Å². The maximum absolute atomic E-state index is 11.9. The molecule has 0 saturated carbocycles. The minimum Gasteiger partial charge on any atom is -0.391 e. The number of ketones is 1. The number of Topliss-reactive ketones (excluding diaryl/α,β-unsaturated/α-hetero) is 1. The van der Waals surface area contributed by atoms with Crippen LogP contribution in [0.2, 0.25) is 0 Å². The summed E-state index contributed by atoms with van der Waals surface area (Å²) in [7, 11) is 0. The number of alkyl halides is 1. The van der Waals surface area contributed by atoms with Crippen molar-refractivity contribution >= 4 is 17.4 Å². The van der Waals surface area contributed by atoms with Crippen molar-refractivity contribution in [3.63, 3.8) is 0 Å². The van der Waals surface area contributed by atoms with E-state index in [9.17, 15) is 9.90 Å². The largest absolute Gasteiger partial charge is 0.391 e. The van der Waals surface area contributed by atoms with E-state index in [2.05, 4.69) is 0 Å². The Labute approximate surface area is 101 Å². The highest BCUT2D eigenvalue weighted by molar-refractivity contribution is 6.34. The highest BCUT2D eigenvalue weighted by atomic mass is 35.5. The van der Waals surface area contributed by atoms with Gasteiger partial charge in [-0.25, -0.2) is 0 Å². The van der Waals surface area contributed by atoms with Crippen LogP contribution in [0.15, 0.2) is 30.3 Å². The molecule has 16 heavy (non-hydrogen) atoms. The second-order valence-corrected chi connectivity index (χ2v) is 4.31. The smallest absolute Gasteiger partial charge is 0.183 e. The zero-order valence-electron chi connectivity index (χ0n) is 9.40. The molecule has 0 saturated heterocycles. The molecule has 0 amide bonds. The molecule has 2 atom stereocenters. The van der Waals surface area contributed by atoms with E-state index in [0.717, 1.165) is 12.8 Å². The molecule has 0 heterocycles. The minimum absolute atomic E-state index is 0.203. The molecule has 0 radical (unpaired) electrons. The van der Waals surface area contributed by atoms with Gasteiger partial charge in [0.1, 0.15) is 5.38 Å². The predicted octanol–water partition coefficient (Wildman–Crippen LogP) is 3.03. The van der Waals surface area contributed by atoms with Crippen LogP contribution in [0.5, 0.6) is 0 Å². The van der Waals surface area contributed by atoms with E-state index in [1.165, 1.54) is 0 Å². The van der Waals surface area contributed by atoms with E-state index in [4.69, 9.17) is 11.6 Å². The quantitative estimate of drug-likeness (QED) is 0.613. The van der Waals surface area contributed by atoms with Gasteiger partial charge in [0, 0.05) is 5.56 Å². The summed E-state index contributed by atoms with van der Waals surface area (Å²) < 4.78 is 0. The van der Waals surface area contributed by atoms with Gasteiger partial charge < -0.3 is 5.11 Å². The van der Waals surface area contributed by atoms with E-state index in [1.807, 2.05) is 13.0 Å². The first-order chi connectivity index (χ1) is 7.66. The third-order valence-corrected chi connectivity index (χ3v) is 2.99. The summed E-state index contributed by atoms with van der Waals surface area (Å²) in [6, 6.07) is 8.84. The molecule has 0 spiro atoms. The molecule has 0 fully saturated rings. The Bertz CT molecular complexity index is 324. The SMILES string of the molecule is CCCC[C@H](O)[C@@H](Cl)C(=O)c1ccccc1. The lowest BCUT2D eigenvalue weighted by molar-refractivity contribution is 0.0876. The van der Waals surface area contributed by atoms with Crippen LogP contribution in [-0.2, 0) is 0 Å². The summed E-state index contributed by atoms with van der Waals surface area (Å²) in [6.07, 6.45) is 1.69. The monoisotopic (exact) mass is 240 g/mol. The van der Waals surface area contributed by atoms with Crippen molar-refractivity contribution < 1.29 is 9.90 Å². The highest BCUT2D eigenvalue weighted by Crippen LogP contribution is 2.15. The molecule has 0 bridgehead atoms. The molecular formula is C13H17ClO2. The van der Waals surface area contributed by atoms with Gasteiger partial charge in [-0.3, -0.25) is 4.79 Å². The molecule has 0 unspecified atom stereocenters. The van der Waals surface area contributed by atoms with Crippen molar-refractivity contribution in [2.45, 2.75) is 37.7 Å². The summed E-state index contributed by atoms with van der Waals surface area (Å²) in [5.41, 5.74) is 0.554. The summed E-state index contributed by atoms with van der Waals surface area (Å²) in [5, 5.41) is 8.89. The number of aliphatic hydroxyl groups is 1. The topological polar surface area (TPSA) is 37.3 Å². The molecule has 1 aromatic rings. The Morgan fingerprint density at radius 3 is 2.56 bits per heavy atom. The Morgan fingerprint density at radius 2 is 2.00 bits per heavy atom. The summed E-state index contributed by atoms with van der Waals surface area (Å²) >= 11 is 5.95. The minimum atomic E-state index is -0.839. The maximum atomic E-state index is 11.9. The molecule has 0 aliphatic heterocycles. The van der Waals surface area contributed by atoms with Crippen LogP contribution < -0.4 is 0 Å². The highest BCUT2D eigenvalue weighted by Gasteiger charge is 2.24. The number of halogens is 1. The van der Waals surface area contributed by atoms with Crippen molar-refractivity contribution in [2.75, 3.05) is 0 Å². The van der Waals surface area contributed by atoms with E-state index >= 15 is 0 Å². The van der Waals surface area contributed by atoms with Gasteiger partial charge >= 0.3 is 0 Å². The first-order valence-corrected chi connectivity index (χ1v) is 6.02. The molecule has 0 aliphatic carbocycles. The van der Waals surface area contributed by atoms with Crippen molar-refractivity contribution in [1.29, 1.82) is 0 Å². The van der Waals surface area contributed by atoms with E-state index in [-0.39, 0.29) is 5.78 Å². The lowest BCUT2D eigenvalue weighted by atomic mass is 10.0. The Balaban J connectivity index is 2.60. The molecule has 1 aromatic carbocycles. The number of unbranched alkanes of at least 4 members (excludes halogenated alkanes) is 1. The van der Waals surface area contributed by atoms with Crippen LogP contribution in [0.3, 0.4) is 0 Å². The molecule has 2 nitrogen and oxygen atoms in total. The average Bonchev–Trinajstić information content (AvgIpc) is 2.35. The first kappa shape index (κ1) is 13.2. The normalized spacial score (nSPS) is 14.4. The van der Waals surface area contributed by atoms with Gasteiger partial charge in [-0.2, -0.15) is 0 Å². The number of carbonyl (C=O) groups excluding carboxylic acids is 1. The number of aliphatic hydroxyl groups excluding tert-OH is 1. The molecule has 1 rings (SSSR count). The number of carbonyl (C=O) groups is 1. The van der Waals surface area contributed by atoms with Crippen molar-refractivity contribution in [1.82, 2.24) is 0 Å². The van der Waals surface area contributed by atoms with Gasteiger partial charge in [-0.05, 0) is 6.42 Å². The predicted molar refractivity (Wildman–Crippen MR) is 65.9 cm³/mol. The van der Waals surface area contributed by atoms with Crippen molar-refractivity contribution in [3.8, 4) is 0 Å². The van der Waals surface area contributed by atoms with Crippen LogP contribution in [0, 0.1) is 0 Å². The average molecular weight is 241 g/mol. The van der Waals surface area contributed by atoms with E-state index in [1.54, 1.807) is 24.3 Å². The molecule has 1 N–H and O–H groups in total. The van der Waals surface area contributed by atoms with Crippen LogP contribution in [-0.4, -0.2) is 22.4 Å². The number of benzene rings is 1. The number of rotatable bonds is 6. The second kappa shape index (κ2) is 6.66. The van der Waals surface area contributed by atoms with Crippen LogP contribution in [0.4, 0.5) is 0 Å². The van der Waals surface area contributed by atoms with Gasteiger partial charge in [0.05, 0.1) is 6.10 Å². The fourth-order valence-corrected chi connectivity index (χ4v) is 1.75. The Hall–Kier alpha value is -0.860. The summed E-state index contributed by atoms with van der Waals surface area (Å²) in [4.78, 5) is 11.9. The molecule has 3 heteroatoms. The lowest BCUT2D eigenvalue weighted by Gasteiger charge is -2.15. The van der Waals surface area contributed by atoms with Gasteiger partial charge in [-0.1, -0.05) is 50.1 Å². The van der Waals surface area contributed by atoms with Gasteiger partial charge in [0.2, 0.25) is 0 Å². The third kappa shape index (κ3) is 3.62. The van der Waals surface area contributed by atoms with Crippen LogP contribution in [0.1, 0.15) is 36.5 Å². The standard InChI is InChI=1S/C13H17ClO2/c1-2-3-9-11(15)12(14)13(16)10-7-5-4-6-8-10/h4-8,11-12,15H,2-3,9H2,1H3/t11-,12+/m0/s1. The van der Waals surface area contributed by atoms with Crippen molar-refractivity contribution in [2.24, 2.45) is 0 Å². The maximum Gasteiger partial charge on any atom is 0.183 e. The van der Waals surface area contributed by atoms with E-state index < -0.39 is 11.5 Å². The second-order valence-electron chi connectivity index (χ2n) is 3.84. The van der Waals surface area contributed by atoms with Gasteiger partial charge in [-0.15, -0.1) is 11.6 Å². The summed E-state index contributed by atoms with van der Waals surface area (Å²) in [6.45, 7) is 2.04. The number of hydrogen-bond acceptors (Lipinski definition) is 2. The zero-order valence-corrected chi connectivity index (χ0v) is 10.2. The van der Waals surface area contributed by atoms with Gasteiger partial charge in [0.25, 0.3) is 0 Å². The molecule has 0 aliphatic rings. The third-order valence-electron chi connectivity index (χ3n) is 2.50. The number of hydrogen-bond donors (Lipinski definition) is 1. The van der Waals surface area contributed by atoms with Crippen LogP contribution in [0.25, 0.3) is 0 Å². The Morgan fingerprint density at radius 1 is 1.38 bits per heavy atom. The molecular weight excluding hydrogens is 224 g/mol. The fraction of sp³-hybridized carbons (Fsp3) is 0.462. The summed E-state index contributed by atoms with van der Waals surface area (Å²) in [5.74, 6) is -0.203. The molecule has 0 aromatic heterocycles. The molecule has 88 valence electrons. The lowest BCUT2D eigenvalue weighted by Crippen LogP contribution is -2.29.